The second kappa shape index (κ2) is 5.51. The molecule has 1 saturated carbocycles. The molecule has 3 nitrogen and oxygen atoms in total. The molecule has 1 aromatic heterocycles. The molecule has 2 atom stereocenters. The van der Waals surface area contributed by atoms with Crippen molar-refractivity contribution in [1.82, 2.24) is 10.2 Å². The highest BCUT2D eigenvalue weighted by atomic mass is 16.3. The summed E-state index contributed by atoms with van der Waals surface area (Å²) >= 11 is 0. The predicted molar refractivity (Wildman–Crippen MR) is 65.2 cm³/mol. The molecule has 16 heavy (non-hydrogen) atoms. The summed E-state index contributed by atoms with van der Waals surface area (Å²) in [6.07, 6.45) is 4.94. The smallest absolute Gasteiger partial charge is 0.0947 e. The van der Waals surface area contributed by atoms with Crippen LogP contribution in [-0.4, -0.2) is 31.6 Å². The highest BCUT2D eigenvalue weighted by Crippen LogP contribution is 2.37. The van der Waals surface area contributed by atoms with Gasteiger partial charge in [-0.2, -0.15) is 0 Å². The number of hydrogen-bond acceptors (Lipinski definition) is 3. The summed E-state index contributed by atoms with van der Waals surface area (Å²) in [5.41, 5.74) is 1.22. The molecule has 0 radical (unpaired) electrons. The molecule has 1 aliphatic carbocycles. The number of nitrogens with one attached hydrogen (secondary N) is 1. The van der Waals surface area contributed by atoms with Gasteiger partial charge in [0.25, 0.3) is 0 Å². The molecule has 0 amide bonds. The van der Waals surface area contributed by atoms with Crippen molar-refractivity contribution in [2.75, 3.05) is 26.7 Å². The van der Waals surface area contributed by atoms with Crippen LogP contribution in [-0.2, 0) is 6.54 Å². The monoisotopic (exact) mass is 222 g/mol. The van der Waals surface area contributed by atoms with E-state index in [9.17, 15) is 0 Å². The van der Waals surface area contributed by atoms with Gasteiger partial charge in [0.2, 0.25) is 0 Å². The zero-order valence-corrected chi connectivity index (χ0v) is 10.3. The van der Waals surface area contributed by atoms with Gasteiger partial charge in [-0.25, -0.2) is 0 Å². The van der Waals surface area contributed by atoms with E-state index in [0.717, 1.165) is 31.5 Å². The fourth-order valence-electron chi connectivity index (χ4n) is 2.04. The Hall–Kier alpha value is -0.800. The first-order valence-electron chi connectivity index (χ1n) is 6.16. The van der Waals surface area contributed by atoms with Crippen LogP contribution in [0, 0.1) is 11.8 Å². The summed E-state index contributed by atoms with van der Waals surface area (Å²) in [6.45, 7) is 6.68. The first-order chi connectivity index (χ1) is 7.75. The van der Waals surface area contributed by atoms with Crippen LogP contribution in [0.5, 0.6) is 0 Å². The maximum absolute atomic E-state index is 5.01. The van der Waals surface area contributed by atoms with E-state index in [-0.39, 0.29) is 0 Å². The van der Waals surface area contributed by atoms with Gasteiger partial charge < -0.3 is 14.6 Å². The van der Waals surface area contributed by atoms with Gasteiger partial charge in [-0.15, -0.1) is 0 Å². The molecule has 1 fully saturated rings. The van der Waals surface area contributed by atoms with Gasteiger partial charge in [-0.1, -0.05) is 6.92 Å². The number of likely N-dealkylation sites (N-methyl/N-ethyl adjacent to an activating group) is 1. The van der Waals surface area contributed by atoms with E-state index >= 15 is 0 Å². The molecule has 1 aliphatic rings. The SMILES string of the molecule is CC1CC1CN(C)CCNCc1ccoc1. The zero-order valence-electron chi connectivity index (χ0n) is 10.3. The van der Waals surface area contributed by atoms with Crippen LogP contribution in [0.2, 0.25) is 0 Å². The Labute approximate surface area is 97.8 Å². The molecule has 2 unspecified atom stereocenters. The molecule has 0 spiro atoms. The molecule has 3 heteroatoms. The van der Waals surface area contributed by atoms with Crippen LogP contribution in [0.15, 0.2) is 23.0 Å². The Balaban J connectivity index is 1.51. The topological polar surface area (TPSA) is 28.4 Å². The number of furan rings is 1. The van der Waals surface area contributed by atoms with Crippen LogP contribution in [0.3, 0.4) is 0 Å². The molecule has 1 aromatic rings. The summed E-state index contributed by atoms with van der Waals surface area (Å²) in [5, 5.41) is 3.42. The lowest BCUT2D eigenvalue weighted by atomic mass is 10.3. The van der Waals surface area contributed by atoms with Crippen molar-refractivity contribution in [3.8, 4) is 0 Å². The van der Waals surface area contributed by atoms with Crippen LogP contribution in [0.1, 0.15) is 18.9 Å². The average molecular weight is 222 g/mol. The van der Waals surface area contributed by atoms with Crippen molar-refractivity contribution in [2.24, 2.45) is 11.8 Å². The van der Waals surface area contributed by atoms with Crippen molar-refractivity contribution in [2.45, 2.75) is 19.9 Å². The molecule has 0 saturated heterocycles. The quantitative estimate of drug-likeness (QED) is 0.715. The van der Waals surface area contributed by atoms with E-state index in [0.29, 0.717) is 0 Å². The van der Waals surface area contributed by atoms with Crippen molar-refractivity contribution in [3.05, 3.63) is 24.2 Å². The first-order valence-corrected chi connectivity index (χ1v) is 6.16. The Morgan fingerprint density at radius 2 is 2.38 bits per heavy atom. The largest absolute Gasteiger partial charge is 0.472 e. The highest BCUT2D eigenvalue weighted by Gasteiger charge is 2.32. The molecule has 1 heterocycles. The Morgan fingerprint density at radius 1 is 1.56 bits per heavy atom. The summed E-state index contributed by atoms with van der Waals surface area (Å²) in [6, 6.07) is 2.00. The third-order valence-electron chi connectivity index (χ3n) is 3.40. The van der Waals surface area contributed by atoms with Gasteiger partial charge in [0.05, 0.1) is 12.5 Å². The molecule has 2 rings (SSSR count). The van der Waals surface area contributed by atoms with Crippen molar-refractivity contribution < 1.29 is 4.42 Å². The van der Waals surface area contributed by atoms with Crippen LogP contribution in [0.25, 0.3) is 0 Å². The van der Waals surface area contributed by atoms with E-state index in [1.165, 1.54) is 18.5 Å². The minimum atomic E-state index is 0.907. The van der Waals surface area contributed by atoms with Gasteiger partial charge in [-0.3, -0.25) is 0 Å². The number of nitrogens with zero attached hydrogens (tertiary/aromatic N) is 1. The number of hydrogen-bond donors (Lipinski definition) is 1. The van der Waals surface area contributed by atoms with Gasteiger partial charge in [0.1, 0.15) is 0 Å². The zero-order chi connectivity index (χ0) is 11.4. The maximum atomic E-state index is 5.01. The molecule has 1 N–H and O–H groups in total. The molecular formula is C13H22N2O. The van der Waals surface area contributed by atoms with E-state index < -0.39 is 0 Å². The number of rotatable bonds is 7. The Bertz CT molecular complexity index is 297. The molecular weight excluding hydrogens is 200 g/mol. The van der Waals surface area contributed by atoms with Crippen LogP contribution < -0.4 is 5.32 Å². The first kappa shape index (κ1) is 11.7. The fourth-order valence-corrected chi connectivity index (χ4v) is 2.04. The summed E-state index contributed by atoms with van der Waals surface area (Å²) < 4.78 is 5.01. The van der Waals surface area contributed by atoms with E-state index in [1.807, 2.05) is 6.07 Å². The predicted octanol–water partition coefficient (Wildman–Crippen LogP) is 1.96. The fraction of sp³-hybridized carbons (Fsp3) is 0.692. The second-order valence-corrected chi connectivity index (χ2v) is 5.04. The third kappa shape index (κ3) is 3.65. The summed E-state index contributed by atoms with van der Waals surface area (Å²) in [5.74, 6) is 1.92. The van der Waals surface area contributed by atoms with Gasteiger partial charge in [0.15, 0.2) is 0 Å². The van der Waals surface area contributed by atoms with Crippen LogP contribution >= 0.6 is 0 Å². The Kier molecular flexibility index (Phi) is 4.02. The minimum absolute atomic E-state index is 0.907. The van der Waals surface area contributed by atoms with Crippen molar-refractivity contribution in [1.29, 1.82) is 0 Å². The molecule has 0 bridgehead atoms. The van der Waals surface area contributed by atoms with Gasteiger partial charge in [0, 0.05) is 31.7 Å². The lowest BCUT2D eigenvalue weighted by Crippen LogP contribution is -2.30. The van der Waals surface area contributed by atoms with Gasteiger partial charge >= 0.3 is 0 Å². The molecule has 0 aliphatic heterocycles. The summed E-state index contributed by atoms with van der Waals surface area (Å²) in [4.78, 5) is 2.43. The van der Waals surface area contributed by atoms with Crippen molar-refractivity contribution >= 4 is 0 Å². The van der Waals surface area contributed by atoms with E-state index in [1.54, 1.807) is 12.5 Å². The Morgan fingerprint density at radius 3 is 3.00 bits per heavy atom. The van der Waals surface area contributed by atoms with Gasteiger partial charge in [-0.05, 0) is 31.4 Å². The lowest BCUT2D eigenvalue weighted by Gasteiger charge is -2.16. The van der Waals surface area contributed by atoms with Crippen molar-refractivity contribution in [3.63, 3.8) is 0 Å². The standard InChI is InChI=1S/C13H22N2O/c1-11-7-13(11)9-15(2)5-4-14-8-12-3-6-16-10-12/h3,6,10-11,13-14H,4-5,7-9H2,1-2H3. The molecule has 90 valence electrons. The average Bonchev–Trinajstić information content (AvgIpc) is 2.78. The van der Waals surface area contributed by atoms with Crippen LogP contribution in [0.4, 0.5) is 0 Å². The minimum Gasteiger partial charge on any atom is -0.472 e. The van der Waals surface area contributed by atoms with E-state index in [2.05, 4.69) is 24.2 Å². The van der Waals surface area contributed by atoms with E-state index in [4.69, 9.17) is 4.42 Å². The lowest BCUT2D eigenvalue weighted by molar-refractivity contribution is 0.313. The molecule has 0 aromatic carbocycles. The third-order valence-corrected chi connectivity index (χ3v) is 3.40. The summed E-state index contributed by atoms with van der Waals surface area (Å²) in [7, 11) is 2.21. The second-order valence-electron chi connectivity index (χ2n) is 5.04. The normalized spacial score (nSPS) is 23.9. The highest BCUT2D eigenvalue weighted by molar-refractivity contribution is 5.04. The maximum Gasteiger partial charge on any atom is 0.0947 e.